The quantitative estimate of drug-likeness (QED) is 0.786. The molecular weight excluding hydrogens is 266 g/mol. The zero-order valence-corrected chi connectivity index (χ0v) is 13.7. The standard InChI is InChI=1S/C17H33NO3/c1-13(2)14-3-4-17(20)15(11-14)12-18-7-5-16(6-8-18)21-10-9-19/h13-17,19-20H,3-12H2,1-2H3. The van der Waals surface area contributed by atoms with E-state index in [1.807, 2.05) is 0 Å². The molecule has 2 aliphatic rings. The molecule has 3 atom stereocenters. The molecule has 124 valence electrons. The van der Waals surface area contributed by atoms with Crippen LogP contribution < -0.4 is 0 Å². The fourth-order valence-electron chi connectivity index (χ4n) is 3.90. The molecule has 3 unspecified atom stereocenters. The van der Waals surface area contributed by atoms with Crippen molar-refractivity contribution in [3.63, 3.8) is 0 Å². The third-order valence-corrected chi connectivity index (χ3v) is 5.40. The molecular formula is C17H33NO3. The predicted molar refractivity (Wildman–Crippen MR) is 84.2 cm³/mol. The molecule has 2 N–H and O–H groups in total. The summed E-state index contributed by atoms with van der Waals surface area (Å²) in [6.07, 6.45) is 5.65. The third-order valence-electron chi connectivity index (χ3n) is 5.40. The van der Waals surface area contributed by atoms with Gasteiger partial charge in [0.05, 0.1) is 25.4 Å². The lowest BCUT2D eigenvalue weighted by Gasteiger charge is -2.40. The van der Waals surface area contributed by atoms with Crippen molar-refractivity contribution in [1.29, 1.82) is 0 Å². The molecule has 0 aromatic rings. The van der Waals surface area contributed by atoms with Crippen LogP contribution in [0, 0.1) is 17.8 Å². The summed E-state index contributed by atoms with van der Waals surface area (Å²) in [6.45, 7) is 8.36. The predicted octanol–water partition coefficient (Wildman–Crippen LogP) is 1.89. The average Bonchev–Trinajstić information content (AvgIpc) is 2.48. The second-order valence-electron chi connectivity index (χ2n) is 7.24. The number of aliphatic hydroxyl groups excluding tert-OH is 2. The molecule has 1 aliphatic heterocycles. The van der Waals surface area contributed by atoms with Gasteiger partial charge in [0.25, 0.3) is 0 Å². The lowest BCUT2D eigenvalue weighted by molar-refractivity contribution is -0.0237. The van der Waals surface area contributed by atoms with Gasteiger partial charge in [-0.3, -0.25) is 0 Å². The highest BCUT2D eigenvalue weighted by Crippen LogP contribution is 2.34. The minimum atomic E-state index is -0.108. The number of hydrogen-bond donors (Lipinski definition) is 2. The van der Waals surface area contributed by atoms with E-state index >= 15 is 0 Å². The van der Waals surface area contributed by atoms with Gasteiger partial charge in [0.1, 0.15) is 0 Å². The molecule has 0 amide bonds. The second-order valence-corrected chi connectivity index (χ2v) is 7.24. The molecule has 0 aromatic carbocycles. The fourth-order valence-corrected chi connectivity index (χ4v) is 3.90. The van der Waals surface area contributed by atoms with Gasteiger partial charge in [0.2, 0.25) is 0 Å². The molecule has 1 saturated heterocycles. The van der Waals surface area contributed by atoms with Crippen molar-refractivity contribution in [2.45, 2.75) is 58.2 Å². The van der Waals surface area contributed by atoms with Crippen LogP contribution in [0.1, 0.15) is 46.0 Å². The van der Waals surface area contributed by atoms with Gasteiger partial charge in [-0.1, -0.05) is 13.8 Å². The Morgan fingerprint density at radius 2 is 1.86 bits per heavy atom. The molecule has 0 radical (unpaired) electrons. The summed E-state index contributed by atoms with van der Waals surface area (Å²) in [5, 5.41) is 19.1. The van der Waals surface area contributed by atoms with Gasteiger partial charge in [0.15, 0.2) is 0 Å². The summed E-state index contributed by atoms with van der Waals surface area (Å²) < 4.78 is 5.61. The van der Waals surface area contributed by atoms with Gasteiger partial charge in [0, 0.05) is 19.6 Å². The van der Waals surface area contributed by atoms with Crippen molar-refractivity contribution in [3.05, 3.63) is 0 Å². The van der Waals surface area contributed by atoms with Crippen molar-refractivity contribution in [3.8, 4) is 0 Å². The van der Waals surface area contributed by atoms with Crippen molar-refractivity contribution < 1.29 is 14.9 Å². The van der Waals surface area contributed by atoms with Crippen LogP contribution in [0.4, 0.5) is 0 Å². The lowest BCUT2D eigenvalue weighted by atomic mass is 9.74. The van der Waals surface area contributed by atoms with Crippen LogP contribution in [0.25, 0.3) is 0 Å². The first kappa shape index (κ1) is 17.2. The molecule has 0 aromatic heterocycles. The zero-order chi connectivity index (χ0) is 15.2. The Hall–Kier alpha value is -0.160. The fraction of sp³-hybridized carbons (Fsp3) is 1.00. The van der Waals surface area contributed by atoms with E-state index < -0.39 is 0 Å². The van der Waals surface area contributed by atoms with Crippen molar-refractivity contribution in [1.82, 2.24) is 4.90 Å². The number of piperidine rings is 1. The van der Waals surface area contributed by atoms with Crippen molar-refractivity contribution >= 4 is 0 Å². The molecule has 4 heteroatoms. The summed E-state index contributed by atoms with van der Waals surface area (Å²) in [6, 6.07) is 0. The highest BCUT2D eigenvalue weighted by Gasteiger charge is 2.32. The molecule has 0 spiro atoms. The highest BCUT2D eigenvalue weighted by atomic mass is 16.5. The number of rotatable bonds is 6. The highest BCUT2D eigenvalue weighted by molar-refractivity contribution is 4.84. The molecule has 1 saturated carbocycles. The van der Waals surface area contributed by atoms with Crippen LogP contribution in [0.3, 0.4) is 0 Å². The van der Waals surface area contributed by atoms with E-state index in [0.717, 1.165) is 50.7 Å². The molecule has 2 rings (SSSR count). The van der Waals surface area contributed by atoms with Crippen LogP contribution in [0.5, 0.6) is 0 Å². The maximum Gasteiger partial charge on any atom is 0.0701 e. The zero-order valence-electron chi connectivity index (χ0n) is 13.7. The maximum absolute atomic E-state index is 10.3. The molecule has 0 bridgehead atoms. The van der Waals surface area contributed by atoms with E-state index in [1.54, 1.807) is 0 Å². The number of aliphatic hydroxyl groups is 2. The van der Waals surface area contributed by atoms with Crippen LogP contribution in [0.2, 0.25) is 0 Å². The normalized spacial score (nSPS) is 32.7. The van der Waals surface area contributed by atoms with Gasteiger partial charge in [-0.05, 0) is 49.9 Å². The first-order valence-corrected chi connectivity index (χ1v) is 8.73. The second kappa shape index (κ2) is 8.47. The third kappa shape index (κ3) is 5.20. The van der Waals surface area contributed by atoms with E-state index in [0.29, 0.717) is 18.6 Å². The summed E-state index contributed by atoms with van der Waals surface area (Å²) in [5.74, 6) is 1.96. The Balaban J connectivity index is 1.74. The Labute approximate surface area is 129 Å². The van der Waals surface area contributed by atoms with Crippen LogP contribution in [-0.4, -0.2) is 60.2 Å². The molecule has 2 fully saturated rings. The minimum Gasteiger partial charge on any atom is -0.394 e. The van der Waals surface area contributed by atoms with E-state index in [4.69, 9.17) is 9.84 Å². The van der Waals surface area contributed by atoms with Crippen LogP contribution >= 0.6 is 0 Å². The average molecular weight is 299 g/mol. The molecule has 4 nitrogen and oxygen atoms in total. The largest absolute Gasteiger partial charge is 0.394 e. The number of nitrogens with zero attached hydrogens (tertiary/aromatic N) is 1. The Morgan fingerprint density at radius 3 is 2.48 bits per heavy atom. The summed E-state index contributed by atoms with van der Waals surface area (Å²) >= 11 is 0. The smallest absolute Gasteiger partial charge is 0.0701 e. The van der Waals surface area contributed by atoms with Gasteiger partial charge in [-0.2, -0.15) is 0 Å². The molecule has 21 heavy (non-hydrogen) atoms. The van der Waals surface area contributed by atoms with E-state index in [-0.39, 0.29) is 12.7 Å². The lowest BCUT2D eigenvalue weighted by Crippen LogP contribution is -2.44. The number of ether oxygens (including phenoxy) is 1. The maximum atomic E-state index is 10.3. The monoisotopic (exact) mass is 299 g/mol. The Kier molecular flexibility index (Phi) is 6.93. The minimum absolute atomic E-state index is 0.108. The summed E-state index contributed by atoms with van der Waals surface area (Å²) in [5.41, 5.74) is 0. The van der Waals surface area contributed by atoms with Crippen molar-refractivity contribution in [2.75, 3.05) is 32.8 Å². The van der Waals surface area contributed by atoms with Gasteiger partial charge < -0.3 is 19.8 Å². The van der Waals surface area contributed by atoms with Crippen LogP contribution in [0.15, 0.2) is 0 Å². The van der Waals surface area contributed by atoms with E-state index in [2.05, 4.69) is 18.7 Å². The van der Waals surface area contributed by atoms with E-state index in [9.17, 15) is 5.11 Å². The van der Waals surface area contributed by atoms with Crippen molar-refractivity contribution in [2.24, 2.45) is 17.8 Å². The summed E-state index contributed by atoms with van der Waals surface area (Å²) in [4.78, 5) is 2.50. The topological polar surface area (TPSA) is 52.9 Å². The van der Waals surface area contributed by atoms with Gasteiger partial charge >= 0.3 is 0 Å². The van der Waals surface area contributed by atoms with Gasteiger partial charge in [-0.15, -0.1) is 0 Å². The Morgan fingerprint density at radius 1 is 1.14 bits per heavy atom. The first-order valence-electron chi connectivity index (χ1n) is 8.73. The molecule has 1 heterocycles. The summed E-state index contributed by atoms with van der Waals surface area (Å²) in [7, 11) is 0. The van der Waals surface area contributed by atoms with Gasteiger partial charge in [-0.25, -0.2) is 0 Å². The van der Waals surface area contributed by atoms with E-state index in [1.165, 1.54) is 12.8 Å². The Bertz CT molecular complexity index is 290. The first-order chi connectivity index (χ1) is 10.1. The molecule has 1 aliphatic carbocycles. The number of likely N-dealkylation sites (tertiary alicyclic amines) is 1. The van der Waals surface area contributed by atoms with Crippen LogP contribution in [-0.2, 0) is 4.74 Å². The SMILES string of the molecule is CC(C)C1CCC(O)C(CN2CCC(OCCO)CC2)C1. The number of hydrogen-bond acceptors (Lipinski definition) is 4.